The molecule has 0 fully saturated rings. The van der Waals surface area contributed by atoms with Crippen LogP contribution in [0.25, 0.3) is 0 Å². The van der Waals surface area contributed by atoms with Crippen LogP contribution in [0.15, 0.2) is 29.2 Å². The lowest BCUT2D eigenvalue weighted by atomic mass is 10.3. The molecule has 0 aliphatic carbocycles. The normalized spacial score (nSPS) is 12.1. The number of hydrogen-bond donors (Lipinski definition) is 2. The van der Waals surface area contributed by atoms with Gasteiger partial charge in [0.05, 0.1) is 5.69 Å². The first-order valence-corrected chi connectivity index (χ1v) is 8.30. The predicted octanol–water partition coefficient (Wildman–Crippen LogP) is -0.683. The molecule has 18 heavy (non-hydrogen) atoms. The van der Waals surface area contributed by atoms with Crippen molar-refractivity contribution in [3.63, 3.8) is 0 Å². The van der Waals surface area contributed by atoms with Crippen LogP contribution in [0, 0.1) is 0 Å². The number of sulfonamides is 1. The molecule has 1 aromatic carbocycles. The van der Waals surface area contributed by atoms with Gasteiger partial charge in [0, 0.05) is 6.26 Å². The Morgan fingerprint density at radius 1 is 1.22 bits per heavy atom. The molecule has 0 saturated carbocycles. The molecule has 0 unspecified atom stereocenters. The Labute approximate surface area is 105 Å². The number of sulfone groups is 1. The zero-order valence-electron chi connectivity index (χ0n) is 9.45. The van der Waals surface area contributed by atoms with Gasteiger partial charge in [-0.25, -0.2) is 22.0 Å². The van der Waals surface area contributed by atoms with E-state index < -0.39 is 31.5 Å². The summed E-state index contributed by atoms with van der Waals surface area (Å²) in [4.78, 5) is 11.1. The first-order valence-electron chi connectivity index (χ1n) is 4.69. The Kier molecular flexibility index (Phi) is 4.09. The smallest absolute Gasteiger partial charge is 0.240 e. The fourth-order valence-electron chi connectivity index (χ4n) is 1.24. The standard InChI is InChI=1S/C9H12N2O5S2/c1-17(13,14)6-9(12)11-7-4-2-3-5-8(7)18(10,15)16/h2-5H,6H2,1H3,(H,11,12)(H2,10,15,16). The lowest BCUT2D eigenvalue weighted by Crippen LogP contribution is -2.24. The summed E-state index contributed by atoms with van der Waals surface area (Å²) in [5, 5.41) is 7.16. The minimum atomic E-state index is -3.99. The van der Waals surface area contributed by atoms with Crippen molar-refractivity contribution >= 4 is 31.5 Å². The van der Waals surface area contributed by atoms with Gasteiger partial charge in [0.25, 0.3) is 0 Å². The van der Waals surface area contributed by atoms with Crippen molar-refractivity contribution in [2.45, 2.75) is 4.90 Å². The molecule has 0 atom stereocenters. The highest BCUT2D eigenvalue weighted by Gasteiger charge is 2.17. The molecule has 3 N–H and O–H groups in total. The molecule has 0 heterocycles. The van der Waals surface area contributed by atoms with Crippen molar-refractivity contribution in [3.8, 4) is 0 Å². The molecule has 0 radical (unpaired) electrons. The third-order valence-corrected chi connectivity index (χ3v) is 3.62. The van der Waals surface area contributed by atoms with E-state index in [1.807, 2.05) is 0 Å². The van der Waals surface area contributed by atoms with E-state index in [9.17, 15) is 21.6 Å². The second kappa shape index (κ2) is 5.04. The number of nitrogens with one attached hydrogen (secondary N) is 1. The number of carbonyl (C=O) groups is 1. The van der Waals surface area contributed by atoms with E-state index in [1.165, 1.54) is 24.3 Å². The molecule has 1 rings (SSSR count). The van der Waals surface area contributed by atoms with Crippen LogP contribution in [0.1, 0.15) is 0 Å². The number of amides is 1. The van der Waals surface area contributed by atoms with Crippen LogP contribution in [0.4, 0.5) is 5.69 Å². The third-order valence-electron chi connectivity index (χ3n) is 1.86. The molecule has 0 bridgehead atoms. The minimum Gasteiger partial charge on any atom is -0.324 e. The maximum atomic E-state index is 11.4. The second-order valence-electron chi connectivity index (χ2n) is 3.66. The highest BCUT2D eigenvalue weighted by molar-refractivity contribution is 7.91. The molecule has 1 aromatic rings. The van der Waals surface area contributed by atoms with Crippen LogP contribution in [0.2, 0.25) is 0 Å². The van der Waals surface area contributed by atoms with Crippen LogP contribution in [-0.2, 0) is 24.7 Å². The van der Waals surface area contributed by atoms with Gasteiger partial charge in [0.1, 0.15) is 10.6 Å². The number of carbonyl (C=O) groups excluding carboxylic acids is 1. The van der Waals surface area contributed by atoms with Gasteiger partial charge in [-0.2, -0.15) is 0 Å². The van der Waals surface area contributed by atoms with Gasteiger partial charge in [0.15, 0.2) is 9.84 Å². The number of primary sulfonamides is 1. The summed E-state index contributed by atoms with van der Waals surface area (Å²) in [7, 11) is -7.47. The van der Waals surface area contributed by atoms with E-state index >= 15 is 0 Å². The fourth-order valence-corrected chi connectivity index (χ4v) is 2.48. The number of rotatable bonds is 4. The topological polar surface area (TPSA) is 123 Å². The highest BCUT2D eigenvalue weighted by atomic mass is 32.2. The van der Waals surface area contributed by atoms with E-state index in [0.29, 0.717) is 0 Å². The van der Waals surface area contributed by atoms with Gasteiger partial charge in [-0.05, 0) is 12.1 Å². The van der Waals surface area contributed by atoms with Gasteiger partial charge in [-0.3, -0.25) is 4.79 Å². The largest absolute Gasteiger partial charge is 0.324 e. The molecule has 1 amide bonds. The Morgan fingerprint density at radius 2 is 1.78 bits per heavy atom. The SMILES string of the molecule is CS(=O)(=O)CC(=O)Nc1ccccc1S(N)(=O)=O. The number of nitrogens with two attached hydrogens (primary N) is 1. The molecule has 0 aliphatic heterocycles. The average molecular weight is 292 g/mol. The molecule has 7 nitrogen and oxygen atoms in total. The van der Waals surface area contributed by atoms with E-state index in [2.05, 4.69) is 5.32 Å². The lowest BCUT2D eigenvalue weighted by molar-refractivity contribution is -0.113. The number of benzene rings is 1. The van der Waals surface area contributed by atoms with Gasteiger partial charge in [-0.1, -0.05) is 12.1 Å². The van der Waals surface area contributed by atoms with E-state index in [0.717, 1.165) is 6.26 Å². The summed E-state index contributed by atoms with van der Waals surface area (Å²) in [5.74, 6) is -1.56. The number of anilines is 1. The first kappa shape index (κ1) is 14.6. The van der Waals surface area contributed by atoms with Crippen molar-refractivity contribution < 1.29 is 21.6 Å². The summed E-state index contributed by atoms with van der Waals surface area (Å²) >= 11 is 0. The van der Waals surface area contributed by atoms with Gasteiger partial charge < -0.3 is 5.32 Å². The molecule has 0 saturated heterocycles. The van der Waals surface area contributed by atoms with Crippen LogP contribution in [-0.4, -0.2) is 34.8 Å². The Morgan fingerprint density at radius 3 is 2.28 bits per heavy atom. The fraction of sp³-hybridized carbons (Fsp3) is 0.222. The van der Waals surface area contributed by atoms with Gasteiger partial charge in [-0.15, -0.1) is 0 Å². The maximum absolute atomic E-state index is 11.4. The van der Waals surface area contributed by atoms with Crippen LogP contribution in [0.3, 0.4) is 0 Å². The van der Waals surface area contributed by atoms with E-state index in [1.54, 1.807) is 0 Å². The predicted molar refractivity (Wildman–Crippen MR) is 66.2 cm³/mol. The number of para-hydroxylation sites is 1. The summed E-state index contributed by atoms with van der Waals surface area (Å²) in [6, 6.07) is 5.46. The first-order chi connectivity index (χ1) is 8.09. The molecule has 9 heteroatoms. The quantitative estimate of drug-likeness (QED) is 0.760. The zero-order chi connectivity index (χ0) is 14.0. The minimum absolute atomic E-state index is 0.0475. The summed E-state index contributed by atoms with van der Waals surface area (Å²) in [6.07, 6.45) is 0.901. The maximum Gasteiger partial charge on any atom is 0.240 e. The number of hydrogen-bond acceptors (Lipinski definition) is 5. The van der Waals surface area contributed by atoms with Crippen LogP contribution >= 0.6 is 0 Å². The van der Waals surface area contributed by atoms with Crippen LogP contribution in [0.5, 0.6) is 0 Å². The average Bonchev–Trinajstić information content (AvgIpc) is 2.13. The molecule has 100 valence electrons. The van der Waals surface area contributed by atoms with E-state index in [4.69, 9.17) is 5.14 Å². The Hall–Kier alpha value is -1.45. The summed E-state index contributed by atoms with van der Waals surface area (Å²) in [5.41, 5.74) is -0.0475. The van der Waals surface area contributed by atoms with Crippen molar-refractivity contribution in [2.75, 3.05) is 17.3 Å². The molecule has 0 aromatic heterocycles. The Bertz CT molecular complexity index is 664. The third kappa shape index (κ3) is 4.43. The second-order valence-corrected chi connectivity index (χ2v) is 7.33. The zero-order valence-corrected chi connectivity index (χ0v) is 11.1. The van der Waals surface area contributed by atoms with Gasteiger partial charge >= 0.3 is 0 Å². The van der Waals surface area contributed by atoms with Crippen molar-refractivity contribution in [3.05, 3.63) is 24.3 Å². The molecule has 0 spiro atoms. The van der Waals surface area contributed by atoms with Crippen molar-refractivity contribution in [2.24, 2.45) is 5.14 Å². The summed E-state index contributed by atoms with van der Waals surface area (Å²) < 4.78 is 44.3. The van der Waals surface area contributed by atoms with Crippen molar-refractivity contribution in [1.29, 1.82) is 0 Å². The van der Waals surface area contributed by atoms with Crippen molar-refractivity contribution in [1.82, 2.24) is 0 Å². The molecular weight excluding hydrogens is 280 g/mol. The molecule has 0 aliphatic rings. The lowest BCUT2D eigenvalue weighted by Gasteiger charge is -2.08. The van der Waals surface area contributed by atoms with E-state index in [-0.39, 0.29) is 10.6 Å². The summed E-state index contributed by atoms with van der Waals surface area (Å²) in [6.45, 7) is 0. The van der Waals surface area contributed by atoms with Crippen LogP contribution < -0.4 is 10.5 Å². The highest BCUT2D eigenvalue weighted by Crippen LogP contribution is 2.19. The Balaban J connectivity index is 3.03. The van der Waals surface area contributed by atoms with Gasteiger partial charge in [0.2, 0.25) is 15.9 Å². The molecular formula is C9H12N2O5S2. The monoisotopic (exact) mass is 292 g/mol.